The summed E-state index contributed by atoms with van der Waals surface area (Å²) in [6, 6.07) is 5.66. The smallest absolute Gasteiger partial charge is 0.291 e. The number of aromatic amines is 1. The number of ether oxygens (including phenoxy) is 1. The minimum absolute atomic E-state index is 0.0287. The lowest BCUT2D eigenvalue weighted by atomic mass is 9.78. The normalized spacial score (nSPS) is 27.0. The van der Waals surface area contributed by atoms with E-state index in [4.69, 9.17) is 15.0 Å². The van der Waals surface area contributed by atoms with E-state index < -0.39 is 17.1 Å². The van der Waals surface area contributed by atoms with E-state index in [2.05, 4.69) is 21.4 Å². The number of nitrogens with zero attached hydrogens (tertiary/aromatic N) is 3. The zero-order valence-electron chi connectivity index (χ0n) is 19.6. The van der Waals surface area contributed by atoms with E-state index in [-0.39, 0.29) is 30.7 Å². The maximum absolute atomic E-state index is 12.8. The highest BCUT2D eigenvalue weighted by Crippen LogP contribution is 2.44. The van der Waals surface area contributed by atoms with Crippen LogP contribution in [-0.2, 0) is 4.74 Å². The first kappa shape index (κ1) is 24.1. The van der Waals surface area contributed by atoms with Gasteiger partial charge in [0.25, 0.3) is 5.91 Å². The van der Waals surface area contributed by atoms with Gasteiger partial charge in [0, 0.05) is 11.6 Å². The minimum atomic E-state index is -0.781. The van der Waals surface area contributed by atoms with Crippen LogP contribution in [0.5, 0.6) is 0 Å². The Balaban J connectivity index is 1.68. The molecule has 1 saturated heterocycles. The second kappa shape index (κ2) is 9.66. The van der Waals surface area contributed by atoms with Crippen molar-refractivity contribution in [3.8, 4) is 6.07 Å². The van der Waals surface area contributed by atoms with Crippen molar-refractivity contribution in [2.75, 3.05) is 18.5 Å². The zero-order chi connectivity index (χ0) is 24.3. The van der Waals surface area contributed by atoms with Crippen LogP contribution in [0.2, 0.25) is 0 Å². The molecule has 0 radical (unpaired) electrons. The number of nitrogens with one attached hydrogen (secondary N) is 2. The van der Waals surface area contributed by atoms with E-state index in [9.17, 15) is 15.0 Å². The fourth-order valence-corrected chi connectivity index (χ4v) is 4.97. The summed E-state index contributed by atoms with van der Waals surface area (Å²) in [5.41, 5.74) is 1.88. The highest BCUT2D eigenvalue weighted by Gasteiger charge is 2.45. The molecular formula is C25H31N5O4. The van der Waals surface area contributed by atoms with Crippen molar-refractivity contribution < 1.29 is 19.7 Å². The van der Waals surface area contributed by atoms with Crippen LogP contribution in [0.15, 0.2) is 24.4 Å². The SMILES string of the molecule is C[C@]1(CO)CC(c2ccc(NC(=O)c3ncc(C#N)[nH]3)c(C3=CCCCC3)n2)C[C@@](C)(CO)O1. The summed E-state index contributed by atoms with van der Waals surface area (Å²) in [5.74, 6) is -0.412. The zero-order valence-corrected chi connectivity index (χ0v) is 19.6. The monoisotopic (exact) mass is 465 g/mol. The first-order valence-corrected chi connectivity index (χ1v) is 11.7. The number of imidazole rings is 1. The molecule has 0 bridgehead atoms. The predicted octanol–water partition coefficient (Wildman–Crippen LogP) is 3.28. The molecule has 180 valence electrons. The van der Waals surface area contributed by atoms with Crippen molar-refractivity contribution in [1.82, 2.24) is 15.0 Å². The summed E-state index contributed by atoms with van der Waals surface area (Å²) < 4.78 is 6.07. The number of H-pyrrole nitrogens is 1. The number of allylic oxidation sites excluding steroid dienone is 2. The summed E-state index contributed by atoms with van der Waals surface area (Å²) in [7, 11) is 0. The number of aromatic nitrogens is 3. The van der Waals surface area contributed by atoms with Crippen molar-refractivity contribution in [3.05, 3.63) is 47.3 Å². The number of amides is 1. The summed E-state index contributed by atoms with van der Waals surface area (Å²) in [6.07, 6.45) is 8.64. The van der Waals surface area contributed by atoms with Gasteiger partial charge in [0.05, 0.1) is 42.0 Å². The van der Waals surface area contributed by atoms with Gasteiger partial charge in [-0.3, -0.25) is 9.78 Å². The molecule has 2 aromatic rings. The average Bonchev–Trinajstić information content (AvgIpc) is 3.34. The molecule has 3 heterocycles. The third kappa shape index (κ3) is 5.04. The highest BCUT2D eigenvalue weighted by atomic mass is 16.5. The van der Waals surface area contributed by atoms with Gasteiger partial charge in [0.1, 0.15) is 11.8 Å². The van der Waals surface area contributed by atoms with Gasteiger partial charge in [-0.05, 0) is 70.1 Å². The molecule has 0 spiro atoms. The van der Waals surface area contributed by atoms with Crippen LogP contribution in [0.25, 0.3) is 5.57 Å². The molecule has 1 amide bonds. The first-order chi connectivity index (χ1) is 16.3. The van der Waals surface area contributed by atoms with Gasteiger partial charge < -0.3 is 25.3 Å². The Hall–Kier alpha value is -3.06. The Morgan fingerprint density at radius 3 is 2.59 bits per heavy atom. The van der Waals surface area contributed by atoms with E-state index in [0.29, 0.717) is 18.5 Å². The molecule has 4 N–H and O–H groups in total. The number of hydrogen-bond donors (Lipinski definition) is 4. The highest BCUT2D eigenvalue weighted by molar-refractivity contribution is 6.03. The van der Waals surface area contributed by atoms with E-state index in [1.807, 2.05) is 32.0 Å². The van der Waals surface area contributed by atoms with Crippen LogP contribution < -0.4 is 5.32 Å². The number of aliphatic hydroxyl groups is 2. The van der Waals surface area contributed by atoms with Crippen molar-refractivity contribution in [3.63, 3.8) is 0 Å². The van der Waals surface area contributed by atoms with Crippen LogP contribution >= 0.6 is 0 Å². The quantitative estimate of drug-likeness (QED) is 0.512. The average molecular weight is 466 g/mol. The van der Waals surface area contributed by atoms with Crippen LogP contribution in [0.1, 0.15) is 86.0 Å². The van der Waals surface area contributed by atoms with Gasteiger partial charge in [-0.15, -0.1) is 0 Å². The maximum Gasteiger partial charge on any atom is 0.291 e. The second-order valence-electron chi connectivity index (χ2n) is 9.74. The predicted molar refractivity (Wildman–Crippen MR) is 126 cm³/mol. The number of carbonyl (C=O) groups is 1. The lowest BCUT2D eigenvalue weighted by Gasteiger charge is -2.47. The number of carbonyl (C=O) groups excluding carboxylic acids is 1. The third-order valence-electron chi connectivity index (χ3n) is 6.61. The Labute approximate surface area is 198 Å². The number of pyridine rings is 1. The molecule has 4 rings (SSSR count). The molecule has 9 heteroatoms. The van der Waals surface area contributed by atoms with E-state index in [0.717, 1.165) is 42.6 Å². The van der Waals surface area contributed by atoms with Crippen molar-refractivity contribution in [1.29, 1.82) is 5.26 Å². The largest absolute Gasteiger partial charge is 0.393 e. The fraction of sp³-hybridized carbons (Fsp3) is 0.520. The summed E-state index contributed by atoms with van der Waals surface area (Å²) >= 11 is 0. The summed E-state index contributed by atoms with van der Waals surface area (Å²) in [5, 5.41) is 31.8. The van der Waals surface area contributed by atoms with Crippen molar-refractivity contribution in [2.45, 2.75) is 69.5 Å². The molecule has 0 aromatic carbocycles. The minimum Gasteiger partial charge on any atom is -0.393 e. The topological polar surface area (TPSA) is 144 Å². The maximum atomic E-state index is 12.8. The molecular weight excluding hydrogens is 434 g/mol. The second-order valence-corrected chi connectivity index (χ2v) is 9.74. The lowest BCUT2D eigenvalue weighted by Crippen LogP contribution is -2.51. The van der Waals surface area contributed by atoms with Gasteiger partial charge in [-0.25, -0.2) is 4.98 Å². The molecule has 0 saturated carbocycles. The van der Waals surface area contributed by atoms with Crippen molar-refractivity contribution in [2.24, 2.45) is 0 Å². The Morgan fingerprint density at radius 1 is 1.26 bits per heavy atom. The molecule has 2 aromatic heterocycles. The number of aliphatic hydroxyl groups excluding tert-OH is 2. The third-order valence-corrected chi connectivity index (χ3v) is 6.61. The van der Waals surface area contributed by atoms with Crippen LogP contribution in [0, 0.1) is 11.3 Å². The van der Waals surface area contributed by atoms with E-state index >= 15 is 0 Å². The van der Waals surface area contributed by atoms with E-state index in [1.165, 1.54) is 6.20 Å². The van der Waals surface area contributed by atoms with Gasteiger partial charge in [0.15, 0.2) is 5.82 Å². The van der Waals surface area contributed by atoms with Gasteiger partial charge >= 0.3 is 0 Å². The Kier molecular flexibility index (Phi) is 6.84. The van der Waals surface area contributed by atoms with Crippen LogP contribution in [-0.4, -0.2) is 55.5 Å². The number of rotatable bonds is 6. The summed E-state index contributed by atoms with van der Waals surface area (Å²) in [6.45, 7) is 3.40. The molecule has 9 nitrogen and oxygen atoms in total. The molecule has 34 heavy (non-hydrogen) atoms. The van der Waals surface area contributed by atoms with E-state index in [1.54, 1.807) is 0 Å². The Morgan fingerprint density at radius 2 is 2.00 bits per heavy atom. The van der Waals surface area contributed by atoms with Crippen LogP contribution in [0.4, 0.5) is 5.69 Å². The molecule has 2 aliphatic rings. The molecule has 1 unspecified atom stereocenters. The molecule has 1 aliphatic heterocycles. The van der Waals surface area contributed by atoms with Crippen LogP contribution in [0.3, 0.4) is 0 Å². The lowest BCUT2D eigenvalue weighted by molar-refractivity contribution is -0.208. The summed E-state index contributed by atoms with van der Waals surface area (Å²) in [4.78, 5) is 24.5. The molecule has 3 atom stereocenters. The van der Waals surface area contributed by atoms with Gasteiger partial charge in [-0.2, -0.15) is 5.26 Å². The molecule has 1 aliphatic carbocycles. The Bertz CT molecular complexity index is 1120. The van der Waals surface area contributed by atoms with Gasteiger partial charge in [0.2, 0.25) is 0 Å². The molecule has 1 fully saturated rings. The number of nitriles is 1. The number of hydrogen-bond acceptors (Lipinski definition) is 7. The fourth-order valence-electron chi connectivity index (χ4n) is 4.97. The standard InChI is InChI=1S/C25H31N5O4/c1-24(14-31)10-17(11-25(2,15-32)34-24)19-8-9-20(21(29-19)16-6-4-3-5-7-16)30-23(33)22-27-13-18(12-26)28-22/h6,8-9,13,17,31-32H,3-5,7,10-11,14-15H2,1-2H3,(H,27,28)(H,30,33)/t17?,24-,25+. The van der Waals surface area contributed by atoms with Crippen molar-refractivity contribution >= 4 is 17.2 Å². The van der Waals surface area contributed by atoms with Gasteiger partial charge in [-0.1, -0.05) is 6.08 Å². The first-order valence-electron chi connectivity index (χ1n) is 11.7. The number of anilines is 1.